The summed E-state index contributed by atoms with van der Waals surface area (Å²) in [5.74, 6) is 1.72. The van der Waals surface area contributed by atoms with Crippen LogP contribution in [0.15, 0.2) is 36.8 Å². The van der Waals surface area contributed by atoms with Crippen LogP contribution in [0.4, 0.5) is 11.5 Å². The van der Waals surface area contributed by atoms with Crippen molar-refractivity contribution in [2.45, 2.75) is 26.3 Å². The molecule has 0 atom stereocenters. The van der Waals surface area contributed by atoms with Crippen LogP contribution < -0.4 is 10.6 Å². The highest BCUT2D eigenvalue weighted by molar-refractivity contribution is 5.92. The van der Waals surface area contributed by atoms with E-state index in [0.717, 1.165) is 47.1 Å². The normalized spacial score (nSPS) is 15.9. The molecule has 3 N–H and O–H groups in total. The van der Waals surface area contributed by atoms with Crippen molar-refractivity contribution in [1.82, 2.24) is 19.9 Å². The van der Waals surface area contributed by atoms with Gasteiger partial charge >= 0.3 is 0 Å². The van der Waals surface area contributed by atoms with Crippen LogP contribution in [0.2, 0.25) is 0 Å². The molecule has 0 spiro atoms. The predicted molar refractivity (Wildman–Crippen MR) is 111 cm³/mol. The molecule has 0 aromatic carbocycles. The van der Waals surface area contributed by atoms with Crippen molar-refractivity contribution in [3.8, 4) is 0 Å². The summed E-state index contributed by atoms with van der Waals surface area (Å²) in [6, 6.07) is 6.24. The van der Waals surface area contributed by atoms with Crippen molar-refractivity contribution in [1.29, 1.82) is 0 Å². The number of rotatable bonds is 6. The highest BCUT2D eigenvalue weighted by Crippen LogP contribution is 2.25. The Morgan fingerprint density at radius 3 is 2.78 bits per heavy atom. The number of aromatic nitrogens is 3. The van der Waals surface area contributed by atoms with Crippen molar-refractivity contribution in [3.05, 3.63) is 47.9 Å². The number of hydrogen-bond acceptors (Lipinski definition) is 5. The number of H-pyrrole nitrogens is 1. The number of nitrogens with one attached hydrogen (secondary N) is 3. The molecule has 0 radical (unpaired) electrons. The van der Waals surface area contributed by atoms with Gasteiger partial charge in [0.05, 0.1) is 0 Å². The Labute approximate surface area is 160 Å². The molecule has 6 nitrogen and oxygen atoms in total. The molecule has 1 aliphatic rings. The number of pyridine rings is 2. The van der Waals surface area contributed by atoms with Crippen LogP contribution in [0.3, 0.4) is 0 Å². The highest BCUT2D eigenvalue weighted by Gasteiger charge is 2.16. The lowest BCUT2D eigenvalue weighted by atomic mass is 9.97. The average molecular weight is 364 g/mol. The SMILES string of the molecule is Cc1c[nH]c2nccc(NCc3ccc(NCC4CCN(C)CC4)nc3)c12. The lowest BCUT2D eigenvalue weighted by molar-refractivity contribution is 0.226. The summed E-state index contributed by atoms with van der Waals surface area (Å²) in [7, 11) is 2.20. The minimum Gasteiger partial charge on any atom is -0.380 e. The van der Waals surface area contributed by atoms with Gasteiger partial charge in [-0.3, -0.25) is 0 Å². The molecule has 0 saturated carbocycles. The molecule has 3 aromatic heterocycles. The highest BCUT2D eigenvalue weighted by atomic mass is 15.1. The van der Waals surface area contributed by atoms with Crippen LogP contribution in [0.1, 0.15) is 24.0 Å². The van der Waals surface area contributed by atoms with E-state index in [1.165, 1.54) is 31.5 Å². The fraction of sp³-hybridized carbons (Fsp3) is 0.429. The topological polar surface area (TPSA) is 68.9 Å². The Balaban J connectivity index is 1.32. The molecule has 0 aliphatic carbocycles. The maximum Gasteiger partial charge on any atom is 0.139 e. The van der Waals surface area contributed by atoms with E-state index in [4.69, 9.17) is 0 Å². The van der Waals surface area contributed by atoms with Gasteiger partial charge in [-0.2, -0.15) is 0 Å². The first-order valence-electron chi connectivity index (χ1n) is 9.73. The first-order valence-corrected chi connectivity index (χ1v) is 9.73. The maximum absolute atomic E-state index is 4.58. The summed E-state index contributed by atoms with van der Waals surface area (Å²) in [4.78, 5) is 14.6. The standard InChI is InChI=1S/C21H28N6/c1-15-11-26-21-20(15)18(5-8-22-21)23-13-17-3-4-19(25-14-17)24-12-16-6-9-27(2)10-7-16/h3-5,8,11,14,16H,6-7,9-10,12-13H2,1-2H3,(H,24,25)(H2,22,23,26). The van der Waals surface area contributed by atoms with Gasteiger partial charge in [0.2, 0.25) is 0 Å². The number of nitrogens with zero attached hydrogens (tertiary/aromatic N) is 3. The van der Waals surface area contributed by atoms with Crippen molar-refractivity contribution in [3.63, 3.8) is 0 Å². The molecular weight excluding hydrogens is 336 g/mol. The number of fused-ring (bicyclic) bond motifs is 1. The molecule has 3 aromatic rings. The lowest BCUT2D eigenvalue weighted by Gasteiger charge is -2.29. The van der Waals surface area contributed by atoms with Gasteiger partial charge in [-0.1, -0.05) is 6.07 Å². The van der Waals surface area contributed by atoms with Crippen molar-refractivity contribution in [2.24, 2.45) is 5.92 Å². The Kier molecular flexibility index (Phi) is 5.25. The summed E-state index contributed by atoms with van der Waals surface area (Å²) in [6.07, 6.45) is 8.31. The van der Waals surface area contributed by atoms with Crippen LogP contribution in [-0.4, -0.2) is 46.5 Å². The van der Waals surface area contributed by atoms with Crippen LogP contribution in [0.5, 0.6) is 0 Å². The second-order valence-electron chi connectivity index (χ2n) is 7.59. The van der Waals surface area contributed by atoms with E-state index in [9.17, 15) is 0 Å². The fourth-order valence-electron chi connectivity index (χ4n) is 3.71. The Morgan fingerprint density at radius 2 is 2.00 bits per heavy atom. The van der Waals surface area contributed by atoms with Crippen molar-refractivity contribution < 1.29 is 0 Å². The number of aromatic amines is 1. The first kappa shape index (κ1) is 17.8. The molecule has 1 fully saturated rings. The van der Waals surface area contributed by atoms with Gasteiger partial charge in [0.15, 0.2) is 0 Å². The third-order valence-electron chi connectivity index (χ3n) is 5.49. The Morgan fingerprint density at radius 1 is 1.15 bits per heavy atom. The molecule has 27 heavy (non-hydrogen) atoms. The molecule has 0 bridgehead atoms. The quantitative estimate of drug-likeness (QED) is 0.623. The zero-order valence-corrected chi connectivity index (χ0v) is 16.1. The van der Waals surface area contributed by atoms with E-state index in [0.29, 0.717) is 0 Å². The molecule has 1 saturated heterocycles. The van der Waals surface area contributed by atoms with Gasteiger partial charge in [-0.05, 0) is 69.1 Å². The number of likely N-dealkylation sites (tertiary alicyclic amines) is 1. The van der Waals surface area contributed by atoms with Gasteiger partial charge < -0.3 is 20.5 Å². The number of hydrogen-bond donors (Lipinski definition) is 3. The van der Waals surface area contributed by atoms with Gasteiger partial charge in [-0.15, -0.1) is 0 Å². The average Bonchev–Trinajstić information content (AvgIpc) is 3.08. The molecule has 0 unspecified atom stereocenters. The zero-order chi connectivity index (χ0) is 18.6. The third-order valence-corrected chi connectivity index (χ3v) is 5.49. The second-order valence-corrected chi connectivity index (χ2v) is 7.59. The van der Waals surface area contributed by atoms with E-state index in [-0.39, 0.29) is 0 Å². The van der Waals surface area contributed by atoms with Gasteiger partial charge in [0.25, 0.3) is 0 Å². The molecule has 0 amide bonds. The van der Waals surface area contributed by atoms with E-state index in [1.54, 1.807) is 0 Å². The number of piperidine rings is 1. The minimum absolute atomic E-state index is 0.742. The fourth-order valence-corrected chi connectivity index (χ4v) is 3.71. The zero-order valence-electron chi connectivity index (χ0n) is 16.1. The monoisotopic (exact) mass is 364 g/mol. The van der Waals surface area contributed by atoms with Gasteiger partial charge in [0, 0.05) is 42.8 Å². The summed E-state index contributed by atoms with van der Waals surface area (Å²) < 4.78 is 0. The van der Waals surface area contributed by atoms with Crippen LogP contribution in [0, 0.1) is 12.8 Å². The van der Waals surface area contributed by atoms with Gasteiger partial charge in [-0.25, -0.2) is 9.97 Å². The Bertz CT molecular complexity index is 877. The van der Waals surface area contributed by atoms with Crippen molar-refractivity contribution >= 4 is 22.5 Å². The number of anilines is 2. The maximum atomic E-state index is 4.58. The third kappa shape index (κ3) is 4.22. The molecule has 4 heterocycles. The summed E-state index contributed by atoms with van der Waals surface area (Å²) in [5.41, 5.74) is 4.39. The molecule has 1 aliphatic heterocycles. The van der Waals surface area contributed by atoms with E-state index < -0.39 is 0 Å². The molecule has 6 heteroatoms. The lowest BCUT2D eigenvalue weighted by Crippen LogP contribution is -2.33. The summed E-state index contributed by atoms with van der Waals surface area (Å²) in [6.45, 7) is 6.25. The number of aryl methyl sites for hydroxylation is 1. The molecule has 142 valence electrons. The Hall–Kier alpha value is -2.60. The summed E-state index contributed by atoms with van der Waals surface area (Å²) in [5, 5.41) is 8.16. The predicted octanol–water partition coefficient (Wildman–Crippen LogP) is 3.63. The molecule has 4 rings (SSSR count). The minimum atomic E-state index is 0.742. The van der Waals surface area contributed by atoms with E-state index >= 15 is 0 Å². The summed E-state index contributed by atoms with van der Waals surface area (Å²) >= 11 is 0. The van der Waals surface area contributed by atoms with Gasteiger partial charge in [0.1, 0.15) is 11.5 Å². The van der Waals surface area contributed by atoms with Crippen LogP contribution in [0.25, 0.3) is 11.0 Å². The molecular formula is C21H28N6. The second kappa shape index (κ2) is 7.96. The largest absolute Gasteiger partial charge is 0.380 e. The van der Waals surface area contributed by atoms with Crippen LogP contribution >= 0.6 is 0 Å². The van der Waals surface area contributed by atoms with Crippen LogP contribution in [-0.2, 0) is 6.54 Å². The van der Waals surface area contributed by atoms with Crippen molar-refractivity contribution in [2.75, 3.05) is 37.3 Å². The smallest absolute Gasteiger partial charge is 0.139 e. The van der Waals surface area contributed by atoms with E-state index in [2.05, 4.69) is 56.6 Å². The van der Waals surface area contributed by atoms with E-state index in [1.807, 2.05) is 24.7 Å². The first-order chi connectivity index (χ1) is 13.2.